The monoisotopic (exact) mass is 671 g/mol. The van der Waals surface area contributed by atoms with Crippen LogP contribution in [0.4, 0.5) is 0 Å². The topological polar surface area (TPSA) is 52.6 Å². The summed E-state index contributed by atoms with van der Waals surface area (Å²) in [5, 5.41) is 0. The lowest BCUT2D eigenvalue weighted by molar-refractivity contribution is -0.141. The molecule has 8 aliphatic rings. The van der Waals surface area contributed by atoms with E-state index in [1.807, 2.05) is 55.4 Å². The zero-order chi connectivity index (χ0) is 36.0. The maximum atomic E-state index is 10.9. The Morgan fingerprint density at radius 1 is 0.479 bits per heavy atom. The molecule has 12 atom stereocenters. The third kappa shape index (κ3) is 10.0. The van der Waals surface area contributed by atoms with Crippen LogP contribution in [0.1, 0.15) is 159 Å². The summed E-state index contributed by atoms with van der Waals surface area (Å²) in [4.78, 5) is 21.8. The van der Waals surface area contributed by atoms with Crippen LogP contribution in [0.3, 0.4) is 0 Å². The molecule has 0 heterocycles. The molecular formula is C44H78O4. The number of rotatable bonds is 6. The van der Waals surface area contributed by atoms with Gasteiger partial charge in [0.1, 0.15) is 0 Å². The fourth-order valence-corrected chi connectivity index (χ4v) is 11.8. The maximum Gasteiger partial charge on any atom is 0.333 e. The lowest BCUT2D eigenvalue weighted by Crippen LogP contribution is -2.27. The van der Waals surface area contributed by atoms with E-state index in [0.29, 0.717) is 17.6 Å². The van der Waals surface area contributed by atoms with Crippen molar-refractivity contribution in [1.82, 2.24) is 0 Å². The molecule has 0 saturated heterocycles. The number of esters is 2. The van der Waals surface area contributed by atoms with E-state index in [1.54, 1.807) is 97.3 Å². The third-order valence-corrected chi connectivity index (χ3v) is 13.1. The Hall–Kier alpha value is -1.58. The van der Waals surface area contributed by atoms with Crippen molar-refractivity contribution in [3.8, 4) is 0 Å². The third-order valence-electron chi connectivity index (χ3n) is 13.1. The Bertz CT molecular complexity index is 910. The van der Waals surface area contributed by atoms with E-state index in [9.17, 15) is 9.59 Å². The molecular weight excluding hydrogens is 592 g/mol. The van der Waals surface area contributed by atoms with Crippen LogP contribution in [-0.2, 0) is 19.1 Å². The predicted octanol–water partition coefficient (Wildman–Crippen LogP) is 12.3. The standard InChI is InChI=1S/C15H22.C11H16O4.C10H16.4C2H6/c1-3-10-5-8(1)12-7-13-9-2-4-11(6-9)15(13)14(10)12;1-8(2)10(12)14-6-5-7-15-11(13)9(3)4;1-2-9-7-4-5-8(6-7)10(9)3-1;4*1-2/h8-15H,1-7H2;1,3,5-7H2,2,4H3;7-10H,1-6H2;4*1-2H3. The van der Waals surface area contributed by atoms with Crippen molar-refractivity contribution in [1.29, 1.82) is 0 Å². The first kappa shape index (κ1) is 42.6. The summed E-state index contributed by atoms with van der Waals surface area (Å²) >= 11 is 0. The normalized spacial score (nSPS) is 36.9. The Morgan fingerprint density at radius 3 is 1.15 bits per heavy atom. The molecule has 0 aromatic heterocycles. The van der Waals surface area contributed by atoms with Crippen molar-refractivity contribution < 1.29 is 19.1 Å². The quantitative estimate of drug-likeness (QED) is 0.160. The summed E-state index contributed by atoms with van der Waals surface area (Å²) in [7, 11) is 0. The SMILES string of the molecule is C1CC2C3CCC(C3)C2C1.C1CC2CC1C1CC3C4CCC(C4)C3C21.C=C(C)C(=O)OCCCOC(=O)C(=C)C.CC.CC.CC.CC. The van der Waals surface area contributed by atoms with Gasteiger partial charge in [-0.1, -0.05) is 75.0 Å². The number of fused-ring (bicyclic) bond motifs is 16. The van der Waals surface area contributed by atoms with Crippen molar-refractivity contribution in [2.45, 2.75) is 159 Å². The second kappa shape index (κ2) is 21.6. The molecule has 0 aliphatic heterocycles. The Kier molecular flexibility index (Phi) is 19.2. The second-order valence-electron chi connectivity index (χ2n) is 15.2. The molecule has 0 N–H and O–H groups in total. The molecule has 0 radical (unpaired) electrons. The molecule has 4 nitrogen and oxygen atoms in total. The number of hydrogen-bond donors (Lipinski definition) is 0. The largest absolute Gasteiger partial charge is 0.462 e. The first-order valence-electron chi connectivity index (χ1n) is 21.0. The highest BCUT2D eigenvalue weighted by atomic mass is 16.5. The molecule has 4 heteroatoms. The van der Waals surface area contributed by atoms with Crippen LogP contribution in [0, 0.1) is 71.0 Å². The fraction of sp³-hybridized carbons (Fsp3) is 0.864. The van der Waals surface area contributed by atoms with Crippen LogP contribution in [0.25, 0.3) is 0 Å². The highest BCUT2D eigenvalue weighted by molar-refractivity contribution is 5.87. The van der Waals surface area contributed by atoms with Crippen molar-refractivity contribution in [2.75, 3.05) is 13.2 Å². The summed E-state index contributed by atoms with van der Waals surface area (Å²) in [5.74, 6) is 13.7. The van der Waals surface area contributed by atoms with Gasteiger partial charge in [0, 0.05) is 17.6 Å². The van der Waals surface area contributed by atoms with E-state index >= 15 is 0 Å². The number of carbonyl (C=O) groups is 2. The van der Waals surface area contributed by atoms with Gasteiger partial charge in [0.15, 0.2) is 0 Å². The minimum absolute atomic E-state index is 0.217. The highest BCUT2D eigenvalue weighted by Crippen LogP contribution is 2.70. The molecule has 0 aromatic carbocycles. The van der Waals surface area contributed by atoms with Crippen LogP contribution in [-0.4, -0.2) is 25.2 Å². The molecule has 6 bridgehead atoms. The number of ether oxygens (including phenoxy) is 2. The van der Waals surface area contributed by atoms with E-state index in [4.69, 9.17) is 9.47 Å². The van der Waals surface area contributed by atoms with Gasteiger partial charge in [-0.3, -0.25) is 0 Å². The van der Waals surface area contributed by atoms with Crippen LogP contribution >= 0.6 is 0 Å². The predicted molar refractivity (Wildman–Crippen MR) is 203 cm³/mol. The van der Waals surface area contributed by atoms with E-state index < -0.39 is 11.9 Å². The molecule has 0 spiro atoms. The molecule has 0 aromatic rings. The maximum absolute atomic E-state index is 10.9. The Labute approximate surface area is 298 Å². The van der Waals surface area contributed by atoms with Crippen LogP contribution in [0.5, 0.6) is 0 Å². The highest BCUT2D eigenvalue weighted by Gasteiger charge is 2.63. The molecule has 8 aliphatic carbocycles. The number of hydrogen-bond acceptors (Lipinski definition) is 4. The molecule has 0 amide bonds. The van der Waals surface area contributed by atoms with Gasteiger partial charge in [0.05, 0.1) is 13.2 Å². The van der Waals surface area contributed by atoms with Gasteiger partial charge in [-0.15, -0.1) is 0 Å². The van der Waals surface area contributed by atoms with Crippen LogP contribution < -0.4 is 0 Å². The van der Waals surface area contributed by atoms with Crippen LogP contribution in [0.2, 0.25) is 0 Å². The lowest BCUT2D eigenvalue weighted by atomic mass is 9.72. The zero-order valence-corrected chi connectivity index (χ0v) is 33.3. The first-order valence-corrected chi connectivity index (χ1v) is 21.0. The summed E-state index contributed by atoms with van der Waals surface area (Å²) in [6.07, 6.45) is 21.4. The van der Waals surface area contributed by atoms with Crippen molar-refractivity contribution in [3.63, 3.8) is 0 Å². The van der Waals surface area contributed by atoms with E-state index in [1.165, 1.54) is 71.0 Å². The summed E-state index contributed by atoms with van der Waals surface area (Å²) in [6.45, 7) is 26.4. The van der Waals surface area contributed by atoms with Gasteiger partial charge in [-0.05, 0) is 162 Å². The minimum Gasteiger partial charge on any atom is -0.462 e. The van der Waals surface area contributed by atoms with E-state index in [-0.39, 0.29) is 13.2 Å². The first-order chi connectivity index (χ1) is 23.3. The van der Waals surface area contributed by atoms with E-state index in [2.05, 4.69) is 13.2 Å². The van der Waals surface area contributed by atoms with Gasteiger partial charge < -0.3 is 9.47 Å². The fourth-order valence-electron chi connectivity index (χ4n) is 11.8. The molecule has 8 saturated carbocycles. The van der Waals surface area contributed by atoms with Gasteiger partial charge in [0.25, 0.3) is 0 Å². The van der Waals surface area contributed by atoms with Crippen molar-refractivity contribution in [2.24, 2.45) is 71.0 Å². The average Bonchev–Trinajstić information content (AvgIpc) is 3.97. The smallest absolute Gasteiger partial charge is 0.333 e. The van der Waals surface area contributed by atoms with Crippen LogP contribution in [0.15, 0.2) is 24.3 Å². The Morgan fingerprint density at radius 2 is 0.792 bits per heavy atom. The van der Waals surface area contributed by atoms with Crippen molar-refractivity contribution >= 4 is 11.9 Å². The van der Waals surface area contributed by atoms with Crippen molar-refractivity contribution in [3.05, 3.63) is 24.3 Å². The van der Waals surface area contributed by atoms with Gasteiger partial charge >= 0.3 is 11.9 Å². The Balaban J connectivity index is 0.000000229. The molecule has 278 valence electrons. The second-order valence-corrected chi connectivity index (χ2v) is 15.2. The number of carbonyl (C=O) groups excluding carboxylic acids is 2. The average molecular weight is 671 g/mol. The molecule has 8 fully saturated rings. The summed E-state index contributed by atoms with van der Waals surface area (Å²) in [6, 6.07) is 0. The lowest BCUT2D eigenvalue weighted by Gasteiger charge is -2.33. The molecule has 12 unspecified atom stereocenters. The summed E-state index contributed by atoms with van der Waals surface area (Å²) in [5.41, 5.74) is 0.711. The van der Waals surface area contributed by atoms with Gasteiger partial charge in [0.2, 0.25) is 0 Å². The van der Waals surface area contributed by atoms with Gasteiger partial charge in [-0.25, -0.2) is 9.59 Å². The molecule has 8 rings (SSSR count). The zero-order valence-electron chi connectivity index (χ0n) is 33.3. The summed E-state index contributed by atoms with van der Waals surface area (Å²) < 4.78 is 9.59. The van der Waals surface area contributed by atoms with Gasteiger partial charge in [-0.2, -0.15) is 0 Å². The minimum atomic E-state index is -0.429. The molecule has 48 heavy (non-hydrogen) atoms. The van der Waals surface area contributed by atoms with E-state index in [0.717, 1.165) is 0 Å².